The molecule has 0 saturated carbocycles. The predicted molar refractivity (Wildman–Crippen MR) is 98.7 cm³/mol. The Bertz CT molecular complexity index is 779. The van der Waals surface area contributed by atoms with Crippen molar-refractivity contribution in [3.63, 3.8) is 0 Å². The van der Waals surface area contributed by atoms with Crippen molar-refractivity contribution in [2.24, 2.45) is 0 Å². The zero-order valence-electron chi connectivity index (χ0n) is 14.1. The first-order valence-electron chi connectivity index (χ1n) is 8.42. The standard InChI is InChI=1S/C18H19ClN2O4S/c19-16-3-2-15(26-16)14(22)1-4-17(23)20-13-5-8-21(9-6-13)18(24)12-7-10-25-11-12/h2-3,7,10-11,13H,1,4-6,8-9H2,(H,20,23). The van der Waals surface area contributed by atoms with Crippen molar-refractivity contribution < 1.29 is 18.8 Å². The maximum Gasteiger partial charge on any atom is 0.257 e. The number of amides is 2. The lowest BCUT2D eigenvalue weighted by Gasteiger charge is -2.32. The summed E-state index contributed by atoms with van der Waals surface area (Å²) in [6.07, 6.45) is 4.64. The highest BCUT2D eigenvalue weighted by atomic mass is 35.5. The second-order valence-electron chi connectivity index (χ2n) is 6.17. The van der Waals surface area contributed by atoms with Crippen molar-refractivity contribution in [2.45, 2.75) is 31.7 Å². The molecule has 0 aromatic carbocycles. The van der Waals surface area contributed by atoms with E-state index in [0.29, 0.717) is 40.7 Å². The van der Waals surface area contributed by atoms with Crippen LogP contribution in [0.25, 0.3) is 0 Å². The number of nitrogens with zero attached hydrogens (tertiary/aromatic N) is 1. The highest BCUT2D eigenvalue weighted by Crippen LogP contribution is 2.23. The van der Waals surface area contributed by atoms with Gasteiger partial charge in [0.25, 0.3) is 5.91 Å². The number of halogens is 1. The van der Waals surface area contributed by atoms with Crippen LogP contribution in [0.3, 0.4) is 0 Å². The third kappa shape index (κ3) is 4.74. The molecule has 0 bridgehead atoms. The number of Topliss-reactive ketones (excluding diaryl/α,β-unsaturated/α-hetero) is 1. The highest BCUT2D eigenvalue weighted by Gasteiger charge is 2.25. The maximum absolute atomic E-state index is 12.2. The van der Waals surface area contributed by atoms with Crippen molar-refractivity contribution in [2.75, 3.05) is 13.1 Å². The molecule has 3 heterocycles. The van der Waals surface area contributed by atoms with E-state index >= 15 is 0 Å². The molecule has 2 amide bonds. The number of carbonyl (C=O) groups excluding carboxylic acids is 3. The number of likely N-dealkylation sites (tertiary alicyclic amines) is 1. The van der Waals surface area contributed by atoms with Crippen molar-refractivity contribution in [3.8, 4) is 0 Å². The van der Waals surface area contributed by atoms with Crippen LogP contribution in [0.5, 0.6) is 0 Å². The van der Waals surface area contributed by atoms with Gasteiger partial charge >= 0.3 is 0 Å². The molecular weight excluding hydrogens is 376 g/mol. The van der Waals surface area contributed by atoms with Crippen LogP contribution in [0, 0.1) is 0 Å². The number of furan rings is 1. The first-order valence-corrected chi connectivity index (χ1v) is 9.62. The van der Waals surface area contributed by atoms with Crippen LogP contribution in [0.1, 0.15) is 45.7 Å². The average molecular weight is 395 g/mol. The molecule has 1 aliphatic heterocycles. The van der Waals surface area contributed by atoms with Gasteiger partial charge in [0, 0.05) is 32.0 Å². The monoisotopic (exact) mass is 394 g/mol. The lowest BCUT2D eigenvalue weighted by Crippen LogP contribution is -2.46. The molecular formula is C18H19ClN2O4S. The Morgan fingerprint density at radius 1 is 1.19 bits per heavy atom. The molecule has 1 N–H and O–H groups in total. The Labute approximate surface area is 160 Å². The van der Waals surface area contributed by atoms with E-state index in [1.807, 2.05) is 0 Å². The molecule has 0 unspecified atom stereocenters. The molecule has 0 spiro atoms. The Morgan fingerprint density at radius 3 is 2.58 bits per heavy atom. The average Bonchev–Trinajstić information content (AvgIpc) is 3.31. The molecule has 26 heavy (non-hydrogen) atoms. The zero-order valence-corrected chi connectivity index (χ0v) is 15.6. The quantitative estimate of drug-likeness (QED) is 0.761. The number of piperidine rings is 1. The number of hydrogen-bond acceptors (Lipinski definition) is 5. The molecule has 0 radical (unpaired) electrons. The molecule has 6 nitrogen and oxygen atoms in total. The molecule has 138 valence electrons. The fraction of sp³-hybridized carbons (Fsp3) is 0.389. The number of thiophene rings is 1. The predicted octanol–water partition coefficient (Wildman–Crippen LogP) is 3.38. The fourth-order valence-electron chi connectivity index (χ4n) is 2.91. The van der Waals surface area contributed by atoms with Gasteiger partial charge in [-0.1, -0.05) is 11.6 Å². The van der Waals surface area contributed by atoms with E-state index < -0.39 is 0 Å². The number of nitrogens with one attached hydrogen (secondary N) is 1. The van der Waals surface area contributed by atoms with Crippen LogP contribution < -0.4 is 5.32 Å². The van der Waals surface area contributed by atoms with Crippen LogP contribution in [-0.2, 0) is 4.79 Å². The molecule has 0 atom stereocenters. The smallest absolute Gasteiger partial charge is 0.257 e. The second kappa shape index (κ2) is 8.51. The Morgan fingerprint density at radius 2 is 1.96 bits per heavy atom. The summed E-state index contributed by atoms with van der Waals surface area (Å²) in [7, 11) is 0. The zero-order chi connectivity index (χ0) is 18.5. The van der Waals surface area contributed by atoms with Gasteiger partial charge in [0.2, 0.25) is 5.91 Å². The molecule has 2 aromatic heterocycles. The largest absolute Gasteiger partial charge is 0.472 e. The van der Waals surface area contributed by atoms with Gasteiger partial charge in [-0.3, -0.25) is 14.4 Å². The van der Waals surface area contributed by atoms with E-state index in [1.165, 1.54) is 23.9 Å². The third-order valence-electron chi connectivity index (χ3n) is 4.34. The first kappa shape index (κ1) is 18.7. The summed E-state index contributed by atoms with van der Waals surface area (Å²) in [6, 6.07) is 5.04. The number of carbonyl (C=O) groups is 3. The Hall–Kier alpha value is -2.12. The number of ketones is 1. The minimum absolute atomic E-state index is 0.0298. The Kier molecular flexibility index (Phi) is 6.11. The highest BCUT2D eigenvalue weighted by molar-refractivity contribution is 7.18. The summed E-state index contributed by atoms with van der Waals surface area (Å²) in [6.45, 7) is 1.17. The maximum atomic E-state index is 12.2. The number of rotatable bonds is 6. The van der Waals surface area contributed by atoms with Gasteiger partial charge in [-0.15, -0.1) is 11.3 Å². The summed E-state index contributed by atoms with van der Waals surface area (Å²) in [5.41, 5.74) is 0.541. The summed E-state index contributed by atoms with van der Waals surface area (Å²) >= 11 is 7.04. The molecule has 0 aliphatic carbocycles. The summed E-state index contributed by atoms with van der Waals surface area (Å²) in [5, 5.41) is 2.95. The fourth-order valence-corrected chi connectivity index (χ4v) is 3.92. The molecule has 1 aliphatic rings. The lowest BCUT2D eigenvalue weighted by atomic mass is 10.0. The van der Waals surface area contributed by atoms with E-state index in [4.69, 9.17) is 16.0 Å². The topological polar surface area (TPSA) is 79.6 Å². The molecule has 8 heteroatoms. The minimum atomic E-state index is -0.138. The lowest BCUT2D eigenvalue weighted by molar-refractivity contribution is -0.122. The van der Waals surface area contributed by atoms with Crippen molar-refractivity contribution in [3.05, 3.63) is 45.5 Å². The second-order valence-corrected chi connectivity index (χ2v) is 7.89. The van der Waals surface area contributed by atoms with E-state index in [0.717, 1.165) is 0 Å². The van der Waals surface area contributed by atoms with Crippen LogP contribution in [0.15, 0.2) is 35.1 Å². The van der Waals surface area contributed by atoms with Crippen LogP contribution in [0.4, 0.5) is 0 Å². The summed E-state index contributed by atoms with van der Waals surface area (Å²) in [5.74, 6) is -0.262. The summed E-state index contributed by atoms with van der Waals surface area (Å²) < 4.78 is 5.51. The molecule has 1 saturated heterocycles. The van der Waals surface area contributed by atoms with E-state index in [-0.39, 0.29) is 36.5 Å². The van der Waals surface area contributed by atoms with E-state index in [2.05, 4.69) is 5.32 Å². The first-order chi connectivity index (χ1) is 12.5. The van der Waals surface area contributed by atoms with Gasteiger partial charge in [0.15, 0.2) is 5.78 Å². The van der Waals surface area contributed by atoms with Crippen LogP contribution in [-0.4, -0.2) is 41.6 Å². The van der Waals surface area contributed by atoms with E-state index in [9.17, 15) is 14.4 Å². The normalized spacial score (nSPS) is 15.0. The van der Waals surface area contributed by atoms with Gasteiger partial charge in [-0.2, -0.15) is 0 Å². The van der Waals surface area contributed by atoms with Gasteiger partial charge in [-0.05, 0) is 31.0 Å². The van der Waals surface area contributed by atoms with Gasteiger partial charge in [0.1, 0.15) is 6.26 Å². The minimum Gasteiger partial charge on any atom is -0.472 e. The SMILES string of the molecule is O=C(CCC(=O)c1ccc(Cl)s1)NC1CCN(C(=O)c2ccoc2)CC1. The Balaban J connectivity index is 1.39. The number of hydrogen-bond donors (Lipinski definition) is 1. The van der Waals surface area contributed by atoms with Gasteiger partial charge in [-0.25, -0.2) is 0 Å². The molecule has 1 fully saturated rings. The molecule has 2 aromatic rings. The van der Waals surface area contributed by atoms with Crippen molar-refractivity contribution in [1.29, 1.82) is 0 Å². The van der Waals surface area contributed by atoms with E-state index in [1.54, 1.807) is 23.1 Å². The van der Waals surface area contributed by atoms with Gasteiger partial charge < -0.3 is 14.6 Å². The van der Waals surface area contributed by atoms with Crippen LogP contribution in [0.2, 0.25) is 4.34 Å². The van der Waals surface area contributed by atoms with Crippen molar-refractivity contribution >= 4 is 40.5 Å². The molecule has 3 rings (SSSR count). The van der Waals surface area contributed by atoms with Crippen LogP contribution >= 0.6 is 22.9 Å². The van der Waals surface area contributed by atoms with Gasteiger partial charge in [0.05, 0.1) is 21.0 Å². The summed E-state index contributed by atoms with van der Waals surface area (Å²) in [4.78, 5) is 38.7. The van der Waals surface area contributed by atoms with Crippen molar-refractivity contribution in [1.82, 2.24) is 10.2 Å². The third-order valence-corrected chi connectivity index (χ3v) is 5.61.